The fraction of sp³-hybridized carbons (Fsp3) is 0.500. The minimum Gasteiger partial charge on any atom is -0.343 e. The van der Waals surface area contributed by atoms with Crippen molar-refractivity contribution in [2.24, 2.45) is 11.8 Å². The Morgan fingerprint density at radius 1 is 1.15 bits per heavy atom. The maximum Gasteiger partial charge on any atom is 0.251 e. The van der Waals surface area contributed by atoms with Gasteiger partial charge in [-0.15, -0.1) is 11.3 Å². The number of carbonyl (C=O) groups excluding carboxylic acids is 3. The van der Waals surface area contributed by atoms with Gasteiger partial charge in [0.15, 0.2) is 5.13 Å². The Kier molecular flexibility index (Phi) is 7.39. The number of nitrogens with zero attached hydrogens (tertiary/aromatic N) is 3. The average Bonchev–Trinajstić information content (AvgIpc) is 3.40. The molecule has 2 aliphatic heterocycles. The Bertz CT molecular complexity index is 996. The first-order valence-corrected chi connectivity index (χ1v) is 12.4. The van der Waals surface area contributed by atoms with E-state index in [2.05, 4.69) is 34.4 Å². The zero-order valence-corrected chi connectivity index (χ0v) is 20.0. The highest BCUT2D eigenvalue weighted by molar-refractivity contribution is 7.13. The van der Waals surface area contributed by atoms with Gasteiger partial charge in [0.2, 0.25) is 11.8 Å². The van der Waals surface area contributed by atoms with Crippen LogP contribution in [0.15, 0.2) is 29.6 Å². The summed E-state index contributed by atoms with van der Waals surface area (Å²) in [6.07, 6.45) is 2.69. The predicted octanol–water partition coefficient (Wildman–Crippen LogP) is 3.12. The van der Waals surface area contributed by atoms with Crippen LogP contribution in [0.4, 0.5) is 10.8 Å². The Morgan fingerprint density at radius 2 is 1.88 bits per heavy atom. The van der Waals surface area contributed by atoms with Gasteiger partial charge < -0.3 is 15.5 Å². The summed E-state index contributed by atoms with van der Waals surface area (Å²) in [7, 11) is 0. The third-order valence-electron chi connectivity index (χ3n) is 6.05. The number of benzene rings is 1. The quantitative estimate of drug-likeness (QED) is 0.650. The maximum atomic E-state index is 12.4. The van der Waals surface area contributed by atoms with E-state index < -0.39 is 0 Å². The van der Waals surface area contributed by atoms with Gasteiger partial charge in [0.1, 0.15) is 0 Å². The SMILES string of the molecule is CC1CC(C)CN(Cc2csc(NC(=O)CNC(=O)c3ccc(N4CCCC4=O)cc3)n2)C1. The second-order valence-electron chi connectivity index (χ2n) is 9.21. The molecule has 176 valence electrons. The van der Waals surface area contributed by atoms with Gasteiger partial charge in [-0.2, -0.15) is 0 Å². The number of piperidine rings is 1. The lowest BCUT2D eigenvalue weighted by atomic mass is 9.92. The molecule has 0 aliphatic carbocycles. The number of anilines is 2. The van der Waals surface area contributed by atoms with Gasteiger partial charge in [-0.05, 0) is 48.9 Å². The normalized spacial score (nSPS) is 21.3. The summed E-state index contributed by atoms with van der Waals surface area (Å²) in [6, 6.07) is 6.87. The fourth-order valence-electron chi connectivity index (χ4n) is 4.73. The van der Waals surface area contributed by atoms with Gasteiger partial charge in [0.25, 0.3) is 5.91 Å². The lowest BCUT2D eigenvalue weighted by Crippen LogP contribution is -2.38. The summed E-state index contributed by atoms with van der Waals surface area (Å²) >= 11 is 1.40. The van der Waals surface area contributed by atoms with Gasteiger partial charge in [0, 0.05) is 49.2 Å². The van der Waals surface area contributed by atoms with Crippen LogP contribution in [0.1, 0.15) is 49.2 Å². The Morgan fingerprint density at radius 3 is 2.55 bits per heavy atom. The monoisotopic (exact) mass is 469 g/mol. The summed E-state index contributed by atoms with van der Waals surface area (Å²) in [6.45, 7) is 8.08. The summed E-state index contributed by atoms with van der Waals surface area (Å²) in [5.74, 6) is 0.832. The van der Waals surface area contributed by atoms with Crippen LogP contribution in [-0.2, 0) is 16.1 Å². The number of likely N-dealkylation sites (tertiary alicyclic amines) is 1. The molecule has 8 nitrogen and oxygen atoms in total. The molecule has 0 saturated carbocycles. The highest BCUT2D eigenvalue weighted by atomic mass is 32.1. The van der Waals surface area contributed by atoms with E-state index in [0.717, 1.165) is 37.4 Å². The lowest BCUT2D eigenvalue weighted by molar-refractivity contribution is -0.117. The van der Waals surface area contributed by atoms with E-state index >= 15 is 0 Å². The molecule has 2 atom stereocenters. The largest absolute Gasteiger partial charge is 0.343 e. The number of aromatic nitrogens is 1. The van der Waals surface area contributed by atoms with Crippen LogP contribution in [0.2, 0.25) is 0 Å². The van der Waals surface area contributed by atoms with Crippen molar-refractivity contribution in [3.05, 3.63) is 40.9 Å². The molecule has 0 bridgehead atoms. The molecule has 2 N–H and O–H groups in total. The summed E-state index contributed by atoms with van der Waals surface area (Å²) in [5, 5.41) is 7.92. The molecular weight excluding hydrogens is 438 g/mol. The van der Waals surface area contributed by atoms with Crippen molar-refractivity contribution >= 4 is 39.9 Å². The number of hydrogen-bond acceptors (Lipinski definition) is 6. The topological polar surface area (TPSA) is 94.6 Å². The summed E-state index contributed by atoms with van der Waals surface area (Å²) in [4.78, 5) is 45.2. The third-order valence-corrected chi connectivity index (χ3v) is 6.86. The van der Waals surface area contributed by atoms with E-state index in [1.54, 1.807) is 29.2 Å². The van der Waals surface area contributed by atoms with Crippen LogP contribution in [0.5, 0.6) is 0 Å². The smallest absolute Gasteiger partial charge is 0.251 e. The van der Waals surface area contributed by atoms with Crippen LogP contribution in [-0.4, -0.2) is 53.8 Å². The minimum atomic E-state index is -0.336. The van der Waals surface area contributed by atoms with Gasteiger partial charge in [-0.1, -0.05) is 13.8 Å². The third kappa shape index (κ3) is 6.17. The number of carbonyl (C=O) groups is 3. The highest BCUT2D eigenvalue weighted by Gasteiger charge is 2.23. The molecule has 2 unspecified atom stereocenters. The second-order valence-corrected chi connectivity index (χ2v) is 10.1. The molecule has 0 spiro atoms. The van der Waals surface area contributed by atoms with Gasteiger partial charge in [0.05, 0.1) is 12.2 Å². The fourth-order valence-corrected chi connectivity index (χ4v) is 5.44. The molecule has 4 rings (SSSR count). The number of rotatable bonds is 7. The molecule has 2 aliphatic rings. The molecule has 1 aromatic carbocycles. The molecule has 1 aromatic heterocycles. The van der Waals surface area contributed by atoms with E-state index in [0.29, 0.717) is 35.5 Å². The van der Waals surface area contributed by atoms with Crippen LogP contribution >= 0.6 is 11.3 Å². The van der Waals surface area contributed by atoms with Gasteiger partial charge >= 0.3 is 0 Å². The van der Waals surface area contributed by atoms with E-state index in [4.69, 9.17) is 0 Å². The molecular formula is C24H31N5O3S. The average molecular weight is 470 g/mol. The van der Waals surface area contributed by atoms with Crippen molar-refractivity contribution in [1.29, 1.82) is 0 Å². The molecule has 3 amide bonds. The van der Waals surface area contributed by atoms with E-state index in [-0.39, 0.29) is 24.3 Å². The predicted molar refractivity (Wildman–Crippen MR) is 129 cm³/mol. The van der Waals surface area contributed by atoms with E-state index in [1.165, 1.54) is 17.8 Å². The highest BCUT2D eigenvalue weighted by Crippen LogP contribution is 2.24. The van der Waals surface area contributed by atoms with Gasteiger partial charge in [-0.25, -0.2) is 4.98 Å². The molecule has 0 radical (unpaired) electrons. The van der Waals surface area contributed by atoms with Crippen LogP contribution < -0.4 is 15.5 Å². The van der Waals surface area contributed by atoms with Crippen molar-refractivity contribution in [2.75, 3.05) is 36.4 Å². The summed E-state index contributed by atoms with van der Waals surface area (Å²) in [5.41, 5.74) is 2.19. The van der Waals surface area contributed by atoms with Crippen molar-refractivity contribution in [1.82, 2.24) is 15.2 Å². The van der Waals surface area contributed by atoms with E-state index in [1.807, 2.05) is 5.38 Å². The molecule has 9 heteroatoms. The molecule has 2 fully saturated rings. The maximum absolute atomic E-state index is 12.4. The lowest BCUT2D eigenvalue weighted by Gasteiger charge is -2.34. The first-order chi connectivity index (χ1) is 15.9. The zero-order valence-electron chi connectivity index (χ0n) is 19.2. The van der Waals surface area contributed by atoms with Crippen LogP contribution in [0.25, 0.3) is 0 Å². The van der Waals surface area contributed by atoms with Crippen molar-refractivity contribution in [2.45, 2.75) is 39.7 Å². The molecule has 2 aromatic rings. The van der Waals surface area contributed by atoms with Gasteiger partial charge in [-0.3, -0.25) is 19.3 Å². The number of amides is 3. The number of thiazole rings is 1. The van der Waals surface area contributed by atoms with Crippen molar-refractivity contribution in [3.8, 4) is 0 Å². The number of nitrogens with one attached hydrogen (secondary N) is 2. The second kappa shape index (κ2) is 10.4. The Labute approximate surface area is 198 Å². The zero-order chi connectivity index (χ0) is 23.4. The minimum absolute atomic E-state index is 0.106. The number of hydrogen-bond donors (Lipinski definition) is 2. The van der Waals surface area contributed by atoms with Crippen molar-refractivity contribution < 1.29 is 14.4 Å². The first kappa shape index (κ1) is 23.4. The molecule has 2 saturated heterocycles. The molecule has 3 heterocycles. The Hall–Kier alpha value is -2.78. The van der Waals surface area contributed by atoms with E-state index in [9.17, 15) is 14.4 Å². The van der Waals surface area contributed by atoms with Crippen LogP contribution in [0, 0.1) is 11.8 Å². The Balaban J connectivity index is 1.23. The van der Waals surface area contributed by atoms with Crippen molar-refractivity contribution in [3.63, 3.8) is 0 Å². The standard InChI is InChI=1S/C24H31N5O3S/c1-16-10-17(2)13-28(12-16)14-19-15-33-24(26-19)27-21(30)11-25-23(32)18-5-7-20(8-6-18)29-9-3-4-22(29)31/h5-8,15-17H,3-4,9-14H2,1-2H3,(H,25,32)(H,26,27,30). The first-order valence-electron chi connectivity index (χ1n) is 11.5. The van der Waals surface area contributed by atoms with Crippen LogP contribution in [0.3, 0.4) is 0 Å². The molecule has 33 heavy (non-hydrogen) atoms. The summed E-state index contributed by atoms with van der Waals surface area (Å²) < 4.78 is 0.